The number of nitrogens with one attached hydrogen (secondary N) is 1. The fourth-order valence-electron chi connectivity index (χ4n) is 2.23. The summed E-state index contributed by atoms with van der Waals surface area (Å²) in [6, 6.07) is 2.74. The van der Waals surface area contributed by atoms with E-state index in [1.165, 1.54) is 19.1 Å². The number of aliphatic hydroxyl groups is 1. The maximum absolute atomic E-state index is 14.5. The average Bonchev–Trinajstić information content (AvgIpc) is 2.50. The Bertz CT molecular complexity index is 647. The Labute approximate surface area is 131 Å². The highest BCUT2D eigenvalue weighted by molar-refractivity contribution is 6.06. The van der Waals surface area contributed by atoms with E-state index >= 15 is 0 Å². The lowest BCUT2D eigenvalue weighted by atomic mass is 9.92. The van der Waals surface area contributed by atoms with Crippen LogP contribution in [0.3, 0.4) is 0 Å². The Morgan fingerprint density at radius 1 is 1.48 bits per heavy atom. The number of halogens is 3. The highest BCUT2D eigenvalue weighted by Gasteiger charge is 2.30. The van der Waals surface area contributed by atoms with Crippen LogP contribution in [0.25, 0.3) is 0 Å². The fourth-order valence-corrected chi connectivity index (χ4v) is 2.23. The summed E-state index contributed by atoms with van der Waals surface area (Å²) in [6.07, 6.45) is 0.193. The number of alkyl halides is 2. The summed E-state index contributed by atoms with van der Waals surface area (Å²) < 4.78 is 45.4. The van der Waals surface area contributed by atoms with E-state index in [2.05, 4.69) is 10.5 Å². The van der Waals surface area contributed by atoms with Crippen molar-refractivity contribution in [3.8, 4) is 5.75 Å². The number of amides is 1. The molecule has 5 nitrogen and oxygen atoms in total. The average molecular weight is 330 g/mol. The normalized spacial score (nSPS) is 18.4. The van der Waals surface area contributed by atoms with Gasteiger partial charge < -0.3 is 9.84 Å². The van der Waals surface area contributed by atoms with Crippen molar-refractivity contribution in [1.82, 2.24) is 5.43 Å². The molecule has 8 heteroatoms. The number of nitrogens with zero attached hydrogens (tertiary/aromatic N) is 1. The smallest absolute Gasteiger partial charge is 0.303 e. The van der Waals surface area contributed by atoms with E-state index in [-0.39, 0.29) is 35.1 Å². The molecule has 0 saturated heterocycles. The van der Waals surface area contributed by atoms with Crippen LogP contribution in [0.4, 0.5) is 13.2 Å². The SMILES string of the molecule is Cc1c(OCC(F)(F)CO)ccc(C2=NNC(=O)C[C@H]2C)c1F. The summed E-state index contributed by atoms with van der Waals surface area (Å²) in [6.45, 7) is 0.758. The molecule has 1 aliphatic heterocycles. The predicted molar refractivity (Wildman–Crippen MR) is 77.1 cm³/mol. The minimum Gasteiger partial charge on any atom is -0.487 e. The van der Waals surface area contributed by atoms with Gasteiger partial charge in [-0.2, -0.15) is 5.10 Å². The summed E-state index contributed by atoms with van der Waals surface area (Å²) in [7, 11) is 0. The Morgan fingerprint density at radius 2 is 2.17 bits per heavy atom. The lowest BCUT2D eigenvalue weighted by molar-refractivity contribution is -0.121. The van der Waals surface area contributed by atoms with E-state index in [0.29, 0.717) is 5.71 Å². The van der Waals surface area contributed by atoms with Gasteiger partial charge >= 0.3 is 5.92 Å². The number of aliphatic hydroxyl groups excluding tert-OH is 1. The van der Waals surface area contributed by atoms with Gasteiger partial charge in [-0.05, 0) is 19.1 Å². The van der Waals surface area contributed by atoms with Gasteiger partial charge in [0, 0.05) is 23.5 Å². The third-order valence-electron chi connectivity index (χ3n) is 3.54. The molecule has 1 aliphatic rings. The van der Waals surface area contributed by atoms with Gasteiger partial charge in [-0.15, -0.1) is 0 Å². The molecule has 1 heterocycles. The molecule has 0 unspecified atom stereocenters. The van der Waals surface area contributed by atoms with Gasteiger partial charge in [0.2, 0.25) is 5.91 Å². The Morgan fingerprint density at radius 3 is 2.78 bits per heavy atom. The zero-order valence-electron chi connectivity index (χ0n) is 12.7. The van der Waals surface area contributed by atoms with Crippen molar-refractivity contribution in [1.29, 1.82) is 0 Å². The first-order valence-corrected chi connectivity index (χ1v) is 7.02. The van der Waals surface area contributed by atoms with Crippen LogP contribution in [0.15, 0.2) is 17.2 Å². The van der Waals surface area contributed by atoms with E-state index < -0.39 is 25.0 Å². The molecule has 0 aromatic heterocycles. The fraction of sp³-hybridized carbons (Fsp3) is 0.467. The first-order chi connectivity index (χ1) is 10.7. The zero-order chi connectivity index (χ0) is 17.2. The van der Waals surface area contributed by atoms with Crippen LogP contribution in [0, 0.1) is 18.7 Å². The van der Waals surface area contributed by atoms with Gasteiger partial charge in [0.1, 0.15) is 18.2 Å². The van der Waals surface area contributed by atoms with Crippen molar-refractivity contribution in [2.75, 3.05) is 13.2 Å². The Kier molecular flexibility index (Phi) is 4.93. The molecule has 1 aromatic carbocycles. The second-order valence-electron chi connectivity index (χ2n) is 5.49. The van der Waals surface area contributed by atoms with Crippen LogP contribution in [-0.4, -0.2) is 35.9 Å². The Balaban J connectivity index is 2.26. The standard InChI is InChI=1S/C15H17F3N2O3/c1-8-5-12(22)19-20-14(8)10-3-4-11(9(2)13(10)16)23-7-15(17,18)6-21/h3-4,8,21H,5-7H2,1-2H3,(H,19,22)/t8-/m1/s1. The number of benzene rings is 1. The van der Waals surface area contributed by atoms with Gasteiger partial charge in [-0.3, -0.25) is 4.79 Å². The number of hydrazone groups is 1. The molecular formula is C15H17F3N2O3. The highest BCUT2D eigenvalue weighted by Crippen LogP contribution is 2.28. The molecule has 126 valence electrons. The number of hydrogen-bond donors (Lipinski definition) is 2. The topological polar surface area (TPSA) is 70.9 Å². The predicted octanol–water partition coefficient (Wildman–Crippen LogP) is 2.00. The van der Waals surface area contributed by atoms with E-state index in [9.17, 15) is 18.0 Å². The first-order valence-electron chi connectivity index (χ1n) is 7.02. The summed E-state index contributed by atoms with van der Waals surface area (Å²) >= 11 is 0. The molecule has 0 aliphatic carbocycles. The van der Waals surface area contributed by atoms with E-state index in [4.69, 9.17) is 9.84 Å². The van der Waals surface area contributed by atoms with Crippen molar-refractivity contribution in [3.63, 3.8) is 0 Å². The van der Waals surface area contributed by atoms with Gasteiger partial charge in [-0.1, -0.05) is 6.92 Å². The maximum atomic E-state index is 14.5. The molecule has 0 bridgehead atoms. The third kappa shape index (κ3) is 3.82. The van der Waals surface area contributed by atoms with Crippen molar-refractivity contribution in [3.05, 3.63) is 29.1 Å². The van der Waals surface area contributed by atoms with Gasteiger partial charge in [0.05, 0.1) is 5.71 Å². The van der Waals surface area contributed by atoms with E-state index in [1.807, 2.05) is 0 Å². The molecule has 1 atom stereocenters. The van der Waals surface area contributed by atoms with Crippen LogP contribution in [0.5, 0.6) is 5.75 Å². The summed E-state index contributed by atoms with van der Waals surface area (Å²) in [5.41, 5.74) is 2.93. The molecule has 1 amide bonds. The zero-order valence-corrected chi connectivity index (χ0v) is 12.7. The quantitative estimate of drug-likeness (QED) is 0.867. The number of carbonyl (C=O) groups excluding carboxylic acids is 1. The number of carbonyl (C=O) groups is 1. The van der Waals surface area contributed by atoms with Crippen molar-refractivity contribution >= 4 is 11.6 Å². The monoisotopic (exact) mass is 330 g/mol. The van der Waals surface area contributed by atoms with E-state index in [0.717, 1.165) is 0 Å². The van der Waals surface area contributed by atoms with Crippen LogP contribution >= 0.6 is 0 Å². The van der Waals surface area contributed by atoms with Gasteiger partial charge in [0.15, 0.2) is 6.61 Å². The summed E-state index contributed by atoms with van der Waals surface area (Å²) in [5, 5.41) is 12.4. The van der Waals surface area contributed by atoms with Crippen LogP contribution in [0.2, 0.25) is 0 Å². The molecule has 0 spiro atoms. The molecule has 23 heavy (non-hydrogen) atoms. The molecule has 0 saturated carbocycles. The largest absolute Gasteiger partial charge is 0.487 e. The van der Waals surface area contributed by atoms with Crippen molar-refractivity contribution < 1.29 is 27.8 Å². The third-order valence-corrected chi connectivity index (χ3v) is 3.54. The molecule has 1 aromatic rings. The van der Waals surface area contributed by atoms with Crippen LogP contribution in [0.1, 0.15) is 24.5 Å². The lowest BCUT2D eigenvalue weighted by Crippen LogP contribution is -2.32. The van der Waals surface area contributed by atoms with Crippen molar-refractivity contribution in [2.45, 2.75) is 26.2 Å². The Hall–Kier alpha value is -2.09. The first kappa shape index (κ1) is 17.3. The lowest BCUT2D eigenvalue weighted by Gasteiger charge is -2.21. The van der Waals surface area contributed by atoms with Crippen LogP contribution < -0.4 is 10.2 Å². The summed E-state index contributed by atoms with van der Waals surface area (Å²) in [5.74, 6) is -4.58. The summed E-state index contributed by atoms with van der Waals surface area (Å²) in [4.78, 5) is 11.2. The number of hydrogen-bond acceptors (Lipinski definition) is 4. The van der Waals surface area contributed by atoms with Crippen LogP contribution in [-0.2, 0) is 4.79 Å². The number of rotatable bonds is 5. The van der Waals surface area contributed by atoms with E-state index in [1.54, 1.807) is 6.92 Å². The number of ether oxygens (including phenoxy) is 1. The van der Waals surface area contributed by atoms with Gasteiger partial charge in [0.25, 0.3) is 0 Å². The second kappa shape index (κ2) is 6.57. The molecule has 2 N–H and O–H groups in total. The molecule has 0 radical (unpaired) electrons. The minimum atomic E-state index is -3.40. The second-order valence-corrected chi connectivity index (χ2v) is 5.49. The molecular weight excluding hydrogens is 313 g/mol. The van der Waals surface area contributed by atoms with Crippen molar-refractivity contribution in [2.24, 2.45) is 11.0 Å². The molecule has 0 fully saturated rings. The molecule has 2 rings (SSSR count). The van der Waals surface area contributed by atoms with Gasteiger partial charge in [-0.25, -0.2) is 18.6 Å². The minimum absolute atomic E-state index is 0.0347. The maximum Gasteiger partial charge on any atom is 0.303 e. The highest BCUT2D eigenvalue weighted by atomic mass is 19.3.